The molecule has 0 heterocycles. The minimum absolute atomic E-state index is 0.0336. The van der Waals surface area contributed by atoms with E-state index < -0.39 is 34.8 Å². The van der Waals surface area contributed by atoms with Gasteiger partial charge >= 0.3 is 5.97 Å². The van der Waals surface area contributed by atoms with Gasteiger partial charge in [0.25, 0.3) is 0 Å². The molecule has 0 radical (unpaired) electrons. The van der Waals surface area contributed by atoms with Gasteiger partial charge in [-0.2, -0.15) is 0 Å². The van der Waals surface area contributed by atoms with Crippen molar-refractivity contribution >= 4 is 5.97 Å². The Bertz CT molecular complexity index is 561. The third-order valence-corrected chi connectivity index (χ3v) is 3.78. The topological polar surface area (TPSA) is 63.3 Å². The fraction of sp³-hybridized carbons (Fsp3) is 0.533. The van der Waals surface area contributed by atoms with E-state index in [9.17, 15) is 22.4 Å². The van der Waals surface area contributed by atoms with Crippen molar-refractivity contribution in [3.63, 3.8) is 0 Å². The lowest BCUT2D eigenvalue weighted by Crippen LogP contribution is -2.46. The zero-order valence-electron chi connectivity index (χ0n) is 12.4. The summed E-state index contributed by atoms with van der Waals surface area (Å²) in [5.41, 5.74) is 3.95. The van der Waals surface area contributed by atoms with Gasteiger partial charge in [0.05, 0.1) is 0 Å². The number of hydrogen-bond acceptors (Lipinski definition) is 2. The average molecular weight is 321 g/mol. The Morgan fingerprint density at radius 3 is 2.36 bits per heavy atom. The summed E-state index contributed by atoms with van der Waals surface area (Å²) in [6.07, 6.45) is 0.979. The van der Waals surface area contributed by atoms with Crippen LogP contribution < -0.4 is 5.73 Å². The maximum Gasteiger partial charge on any atom is 0.323 e. The van der Waals surface area contributed by atoms with E-state index in [1.54, 1.807) is 0 Å². The summed E-state index contributed by atoms with van der Waals surface area (Å²) >= 11 is 0. The number of aliphatic carboxylic acids is 1. The quantitative estimate of drug-likeness (QED) is 0.460. The second-order valence-corrected chi connectivity index (χ2v) is 5.70. The molecule has 0 aliphatic rings. The summed E-state index contributed by atoms with van der Waals surface area (Å²) in [5, 5.41) is 8.99. The summed E-state index contributed by atoms with van der Waals surface area (Å²) in [4.78, 5) is 11.0. The molecule has 1 aromatic carbocycles. The van der Waals surface area contributed by atoms with Crippen LogP contribution in [0.1, 0.15) is 38.7 Å². The van der Waals surface area contributed by atoms with Gasteiger partial charge in [-0.05, 0) is 43.7 Å². The number of hydrogen-bond donors (Lipinski definition) is 2. The SMILES string of the molecule is CCC(CCc1cc(F)c(F)c(F)c1F)CC(C)(N)C(=O)O. The van der Waals surface area contributed by atoms with Crippen LogP contribution in [0, 0.1) is 29.2 Å². The van der Waals surface area contributed by atoms with Gasteiger partial charge in [-0.1, -0.05) is 13.3 Å². The molecule has 0 amide bonds. The van der Waals surface area contributed by atoms with Crippen molar-refractivity contribution in [2.45, 2.75) is 45.1 Å². The zero-order chi connectivity index (χ0) is 17.1. The molecule has 0 aliphatic heterocycles. The van der Waals surface area contributed by atoms with Gasteiger partial charge in [-0.15, -0.1) is 0 Å². The lowest BCUT2D eigenvalue weighted by Gasteiger charge is -2.25. The largest absolute Gasteiger partial charge is 0.480 e. The summed E-state index contributed by atoms with van der Waals surface area (Å²) in [5.74, 6) is -7.86. The first-order valence-corrected chi connectivity index (χ1v) is 6.94. The maximum atomic E-state index is 13.6. The van der Waals surface area contributed by atoms with Gasteiger partial charge in [0.15, 0.2) is 23.3 Å². The van der Waals surface area contributed by atoms with E-state index >= 15 is 0 Å². The van der Waals surface area contributed by atoms with E-state index in [0.717, 1.165) is 0 Å². The predicted octanol–water partition coefficient (Wildman–Crippen LogP) is 3.39. The molecule has 0 saturated heterocycles. The van der Waals surface area contributed by atoms with E-state index in [4.69, 9.17) is 10.8 Å². The Balaban J connectivity index is 2.82. The van der Waals surface area contributed by atoms with Crippen LogP contribution in [0.2, 0.25) is 0 Å². The lowest BCUT2D eigenvalue weighted by molar-refractivity contribution is -0.143. The summed E-state index contributed by atoms with van der Waals surface area (Å²) in [6.45, 7) is 3.18. The number of carboxylic acid groups (broad SMARTS) is 1. The molecule has 0 aromatic heterocycles. The zero-order valence-corrected chi connectivity index (χ0v) is 12.4. The Kier molecular flexibility index (Phi) is 5.93. The standard InChI is InChI=1S/C15H19F4NO2/c1-3-8(7-15(2,20)14(21)22)4-5-9-6-10(16)12(18)13(19)11(9)17/h6,8H,3-5,7,20H2,1-2H3,(H,21,22). The van der Waals surface area contributed by atoms with Crippen molar-refractivity contribution in [1.82, 2.24) is 0 Å². The molecule has 124 valence electrons. The van der Waals surface area contributed by atoms with Crippen LogP contribution in [0.25, 0.3) is 0 Å². The van der Waals surface area contributed by atoms with Crippen LogP contribution in [-0.4, -0.2) is 16.6 Å². The minimum atomic E-state index is -1.84. The average Bonchev–Trinajstić information content (AvgIpc) is 2.45. The van der Waals surface area contributed by atoms with Gasteiger partial charge in [0, 0.05) is 0 Å². The van der Waals surface area contributed by atoms with Gasteiger partial charge in [-0.3, -0.25) is 4.79 Å². The van der Waals surface area contributed by atoms with E-state index in [1.165, 1.54) is 6.92 Å². The first kappa shape index (κ1) is 18.4. The number of carbonyl (C=O) groups is 1. The molecule has 3 N–H and O–H groups in total. The van der Waals surface area contributed by atoms with Crippen LogP contribution in [0.4, 0.5) is 17.6 Å². The molecule has 0 saturated carbocycles. The van der Waals surface area contributed by atoms with E-state index in [1.807, 2.05) is 6.92 Å². The predicted molar refractivity (Wildman–Crippen MR) is 73.2 cm³/mol. The highest BCUT2D eigenvalue weighted by atomic mass is 19.2. The van der Waals surface area contributed by atoms with Crippen molar-refractivity contribution < 1.29 is 27.5 Å². The number of aryl methyl sites for hydroxylation is 1. The van der Waals surface area contributed by atoms with Crippen LogP contribution in [-0.2, 0) is 11.2 Å². The van der Waals surface area contributed by atoms with Crippen molar-refractivity contribution in [3.05, 3.63) is 34.9 Å². The van der Waals surface area contributed by atoms with Crippen LogP contribution in [0.15, 0.2) is 6.07 Å². The summed E-state index contributed by atoms with van der Waals surface area (Å²) in [6, 6.07) is 0.624. The summed E-state index contributed by atoms with van der Waals surface area (Å²) in [7, 11) is 0. The molecule has 2 atom stereocenters. The normalized spacial score (nSPS) is 15.4. The molecule has 22 heavy (non-hydrogen) atoms. The van der Waals surface area contributed by atoms with Gasteiger partial charge in [-0.25, -0.2) is 17.6 Å². The van der Waals surface area contributed by atoms with E-state index in [0.29, 0.717) is 12.5 Å². The van der Waals surface area contributed by atoms with Crippen molar-refractivity contribution in [3.8, 4) is 0 Å². The Labute approximate surface area is 126 Å². The van der Waals surface area contributed by atoms with Gasteiger partial charge in [0.1, 0.15) is 5.54 Å². The maximum absolute atomic E-state index is 13.6. The molecule has 1 rings (SSSR count). The first-order chi connectivity index (χ1) is 10.1. The summed E-state index contributed by atoms with van der Waals surface area (Å²) < 4.78 is 52.7. The highest BCUT2D eigenvalue weighted by Gasteiger charge is 2.31. The molecule has 1 aromatic rings. The number of carboxylic acids is 1. The van der Waals surface area contributed by atoms with Crippen molar-refractivity contribution in [2.24, 2.45) is 11.7 Å². The molecule has 0 aliphatic carbocycles. The molecule has 0 bridgehead atoms. The Morgan fingerprint density at radius 1 is 1.27 bits per heavy atom. The lowest BCUT2D eigenvalue weighted by atomic mass is 9.84. The third kappa shape index (κ3) is 4.19. The minimum Gasteiger partial charge on any atom is -0.480 e. The second kappa shape index (κ2) is 7.09. The van der Waals surface area contributed by atoms with Crippen LogP contribution >= 0.6 is 0 Å². The monoisotopic (exact) mass is 321 g/mol. The highest BCUT2D eigenvalue weighted by molar-refractivity contribution is 5.77. The first-order valence-electron chi connectivity index (χ1n) is 6.94. The molecule has 3 nitrogen and oxygen atoms in total. The number of rotatable bonds is 7. The van der Waals surface area contributed by atoms with E-state index in [-0.39, 0.29) is 30.7 Å². The molecule has 0 spiro atoms. The highest BCUT2D eigenvalue weighted by Crippen LogP contribution is 2.25. The Morgan fingerprint density at radius 2 is 1.86 bits per heavy atom. The fourth-order valence-electron chi connectivity index (χ4n) is 2.30. The van der Waals surface area contributed by atoms with Crippen LogP contribution in [0.3, 0.4) is 0 Å². The van der Waals surface area contributed by atoms with Crippen molar-refractivity contribution in [1.29, 1.82) is 0 Å². The fourth-order valence-corrected chi connectivity index (χ4v) is 2.30. The van der Waals surface area contributed by atoms with Gasteiger partial charge < -0.3 is 10.8 Å². The second-order valence-electron chi connectivity index (χ2n) is 5.70. The number of halogens is 4. The number of nitrogens with two attached hydrogens (primary N) is 1. The van der Waals surface area contributed by atoms with Crippen LogP contribution in [0.5, 0.6) is 0 Å². The molecular weight excluding hydrogens is 302 g/mol. The molecule has 7 heteroatoms. The Hall–Kier alpha value is -1.63. The van der Waals surface area contributed by atoms with E-state index in [2.05, 4.69) is 0 Å². The smallest absolute Gasteiger partial charge is 0.323 e. The van der Waals surface area contributed by atoms with Gasteiger partial charge in [0.2, 0.25) is 0 Å². The third-order valence-electron chi connectivity index (χ3n) is 3.78. The molecule has 2 unspecified atom stereocenters. The number of benzene rings is 1. The van der Waals surface area contributed by atoms with Crippen molar-refractivity contribution in [2.75, 3.05) is 0 Å². The molecule has 0 fully saturated rings. The molecular formula is C15H19F4NO2.